The van der Waals surface area contributed by atoms with Crippen LogP contribution in [0.1, 0.15) is 75.3 Å². The van der Waals surface area contributed by atoms with E-state index in [1.807, 2.05) is 6.92 Å². The number of amides is 1. The minimum Gasteiger partial charge on any atom is -0.379 e. The number of primary amides is 1. The molecule has 0 bridgehead atoms. The third kappa shape index (κ3) is 4.72. The van der Waals surface area contributed by atoms with Crippen LogP contribution in [0.15, 0.2) is 6.20 Å². The minimum absolute atomic E-state index is 0.130. The molecule has 2 fully saturated rings. The number of nitrogens with zero attached hydrogens (tertiary/aromatic N) is 2. The summed E-state index contributed by atoms with van der Waals surface area (Å²) in [5, 5.41) is 3.45. The number of nitrogens with one attached hydrogen (secondary N) is 1. The predicted octanol–water partition coefficient (Wildman–Crippen LogP) is 3.31. The lowest BCUT2D eigenvalue weighted by molar-refractivity contribution is 0.0346. The fourth-order valence-corrected chi connectivity index (χ4v) is 4.06. The van der Waals surface area contributed by atoms with E-state index in [9.17, 15) is 4.79 Å². The van der Waals surface area contributed by atoms with E-state index in [1.54, 1.807) is 6.20 Å². The lowest BCUT2D eigenvalue weighted by Crippen LogP contribution is -2.31. The Morgan fingerprint density at radius 1 is 1.27 bits per heavy atom. The van der Waals surface area contributed by atoms with Gasteiger partial charge in [0, 0.05) is 18.8 Å². The lowest BCUT2D eigenvalue weighted by atomic mass is 9.82. The zero-order valence-electron chi connectivity index (χ0n) is 16.3. The molecule has 144 valence electrons. The van der Waals surface area contributed by atoms with Crippen LogP contribution in [0.3, 0.4) is 0 Å². The molecule has 26 heavy (non-hydrogen) atoms. The Morgan fingerprint density at radius 3 is 2.54 bits per heavy atom. The zero-order chi connectivity index (χ0) is 18.7. The molecular weight excluding hydrogens is 328 g/mol. The van der Waals surface area contributed by atoms with Crippen molar-refractivity contribution in [2.45, 2.75) is 77.9 Å². The SMILES string of the molecule is CCOC1CCC(Nc2ncc(C(N)=O)c(CC(C)(C)C3CC3)n2)CC1. The number of carbonyl (C=O) groups excluding carboxylic acids is 1. The largest absolute Gasteiger partial charge is 0.379 e. The van der Waals surface area contributed by atoms with Gasteiger partial charge in [0.25, 0.3) is 5.91 Å². The van der Waals surface area contributed by atoms with Crippen LogP contribution >= 0.6 is 0 Å². The van der Waals surface area contributed by atoms with E-state index in [0.717, 1.165) is 44.4 Å². The van der Waals surface area contributed by atoms with Crippen LogP contribution in [0, 0.1) is 11.3 Å². The van der Waals surface area contributed by atoms with Gasteiger partial charge in [0.15, 0.2) is 0 Å². The van der Waals surface area contributed by atoms with Crippen molar-refractivity contribution >= 4 is 11.9 Å². The first-order valence-electron chi connectivity index (χ1n) is 9.93. The third-order valence-electron chi connectivity index (χ3n) is 5.85. The Hall–Kier alpha value is -1.69. The van der Waals surface area contributed by atoms with E-state index < -0.39 is 5.91 Å². The molecule has 0 radical (unpaired) electrons. The van der Waals surface area contributed by atoms with Crippen LogP contribution in [-0.4, -0.2) is 34.6 Å². The first-order chi connectivity index (χ1) is 12.4. The summed E-state index contributed by atoms with van der Waals surface area (Å²) in [4.78, 5) is 20.8. The molecule has 3 rings (SSSR count). The monoisotopic (exact) mass is 360 g/mol. The van der Waals surface area contributed by atoms with E-state index in [4.69, 9.17) is 10.5 Å². The topological polar surface area (TPSA) is 90.1 Å². The van der Waals surface area contributed by atoms with E-state index in [-0.39, 0.29) is 5.41 Å². The van der Waals surface area contributed by atoms with Crippen molar-refractivity contribution in [1.82, 2.24) is 9.97 Å². The van der Waals surface area contributed by atoms with E-state index in [1.165, 1.54) is 12.8 Å². The second-order valence-corrected chi connectivity index (χ2v) is 8.43. The highest BCUT2D eigenvalue weighted by Gasteiger charge is 2.38. The third-order valence-corrected chi connectivity index (χ3v) is 5.85. The molecule has 2 saturated carbocycles. The number of ether oxygens (including phenoxy) is 1. The maximum atomic E-state index is 11.8. The normalized spacial score (nSPS) is 23.7. The van der Waals surface area contributed by atoms with Gasteiger partial charge in [0.05, 0.1) is 17.4 Å². The van der Waals surface area contributed by atoms with Crippen molar-refractivity contribution in [3.8, 4) is 0 Å². The van der Waals surface area contributed by atoms with Gasteiger partial charge in [-0.05, 0) is 63.2 Å². The summed E-state index contributed by atoms with van der Waals surface area (Å²) in [7, 11) is 0. The number of rotatable bonds is 8. The number of carbonyl (C=O) groups is 1. The Bertz CT molecular complexity index is 635. The summed E-state index contributed by atoms with van der Waals surface area (Å²) in [5.41, 5.74) is 6.90. The molecular formula is C20H32N4O2. The van der Waals surface area contributed by atoms with Crippen LogP contribution in [-0.2, 0) is 11.2 Å². The molecule has 2 aliphatic carbocycles. The second kappa shape index (κ2) is 7.91. The van der Waals surface area contributed by atoms with Crippen LogP contribution in [0.5, 0.6) is 0 Å². The molecule has 0 atom stereocenters. The quantitative estimate of drug-likeness (QED) is 0.742. The van der Waals surface area contributed by atoms with Crippen LogP contribution < -0.4 is 11.1 Å². The number of hydrogen-bond acceptors (Lipinski definition) is 5. The number of aromatic nitrogens is 2. The van der Waals surface area contributed by atoms with Crippen molar-refractivity contribution in [1.29, 1.82) is 0 Å². The van der Waals surface area contributed by atoms with Crippen molar-refractivity contribution < 1.29 is 9.53 Å². The van der Waals surface area contributed by atoms with Crippen LogP contribution in [0.2, 0.25) is 0 Å². The van der Waals surface area contributed by atoms with E-state index in [0.29, 0.717) is 29.6 Å². The zero-order valence-corrected chi connectivity index (χ0v) is 16.3. The summed E-state index contributed by atoms with van der Waals surface area (Å²) in [6.07, 6.45) is 9.47. The number of anilines is 1. The fourth-order valence-electron chi connectivity index (χ4n) is 4.06. The molecule has 1 aromatic heterocycles. The van der Waals surface area contributed by atoms with Gasteiger partial charge in [-0.2, -0.15) is 0 Å². The highest BCUT2D eigenvalue weighted by atomic mass is 16.5. The van der Waals surface area contributed by atoms with Crippen LogP contribution in [0.4, 0.5) is 5.95 Å². The maximum absolute atomic E-state index is 11.8. The molecule has 1 aromatic rings. The van der Waals surface area contributed by atoms with Crippen molar-refractivity contribution in [2.75, 3.05) is 11.9 Å². The predicted molar refractivity (Wildman–Crippen MR) is 102 cm³/mol. The minimum atomic E-state index is -0.449. The molecule has 0 spiro atoms. The summed E-state index contributed by atoms with van der Waals surface area (Å²) < 4.78 is 5.72. The molecule has 1 heterocycles. The summed E-state index contributed by atoms with van der Waals surface area (Å²) in [6.45, 7) is 7.32. The Morgan fingerprint density at radius 2 is 1.96 bits per heavy atom. The molecule has 1 amide bonds. The first kappa shape index (κ1) is 19.1. The Balaban J connectivity index is 1.68. The van der Waals surface area contributed by atoms with Gasteiger partial charge in [-0.25, -0.2) is 9.97 Å². The standard InChI is InChI=1S/C20H32N4O2/c1-4-26-15-9-7-14(8-10-15)23-19-22-12-16(18(21)25)17(24-19)11-20(2,3)13-5-6-13/h12-15H,4-11H2,1-3H3,(H2,21,25)(H,22,23,24). The van der Waals surface area contributed by atoms with Crippen molar-refractivity contribution in [3.63, 3.8) is 0 Å². The van der Waals surface area contributed by atoms with Gasteiger partial charge in [0.2, 0.25) is 5.95 Å². The molecule has 0 aliphatic heterocycles. The summed E-state index contributed by atoms with van der Waals surface area (Å²) in [6, 6.07) is 0.357. The molecule has 2 aliphatic rings. The average Bonchev–Trinajstić information content (AvgIpc) is 3.42. The molecule has 6 nitrogen and oxygen atoms in total. The van der Waals surface area contributed by atoms with Gasteiger partial charge in [-0.1, -0.05) is 13.8 Å². The molecule has 0 saturated heterocycles. The van der Waals surface area contributed by atoms with Gasteiger partial charge in [0.1, 0.15) is 0 Å². The van der Waals surface area contributed by atoms with Gasteiger partial charge in [-0.15, -0.1) is 0 Å². The van der Waals surface area contributed by atoms with Gasteiger partial charge >= 0.3 is 0 Å². The maximum Gasteiger partial charge on any atom is 0.252 e. The Labute approximate surface area is 156 Å². The lowest BCUT2D eigenvalue weighted by Gasteiger charge is -2.29. The van der Waals surface area contributed by atoms with Crippen LogP contribution in [0.25, 0.3) is 0 Å². The van der Waals surface area contributed by atoms with E-state index in [2.05, 4.69) is 29.1 Å². The van der Waals surface area contributed by atoms with Crippen molar-refractivity contribution in [2.24, 2.45) is 17.1 Å². The molecule has 0 unspecified atom stereocenters. The smallest absolute Gasteiger partial charge is 0.252 e. The number of hydrogen-bond donors (Lipinski definition) is 2. The van der Waals surface area contributed by atoms with Crippen molar-refractivity contribution in [3.05, 3.63) is 17.5 Å². The Kier molecular flexibility index (Phi) is 5.80. The average molecular weight is 361 g/mol. The first-order valence-corrected chi connectivity index (χ1v) is 9.93. The molecule has 0 aromatic carbocycles. The number of nitrogens with two attached hydrogens (primary N) is 1. The highest BCUT2D eigenvalue weighted by molar-refractivity contribution is 5.93. The van der Waals surface area contributed by atoms with Gasteiger partial charge in [-0.3, -0.25) is 4.79 Å². The van der Waals surface area contributed by atoms with E-state index >= 15 is 0 Å². The summed E-state index contributed by atoms with van der Waals surface area (Å²) in [5.74, 6) is 0.871. The summed E-state index contributed by atoms with van der Waals surface area (Å²) >= 11 is 0. The highest BCUT2D eigenvalue weighted by Crippen LogP contribution is 2.47. The second-order valence-electron chi connectivity index (χ2n) is 8.43. The van der Waals surface area contributed by atoms with Gasteiger partial charge < -0.3 is 15.8 Å². The molecule has 3 N–H and O–H groups in total. The molecule has 6 heteroatoms. The fraction of sp³-hybridized carbons (Fsp3) is 0.750.